The Labute approximate surface area is 146 Å². The predicted octanol–water partition coefficient (Wildman–Crippen LogP) is 3.16. The van der Waals surface area contributed by atoms with Crippen LogP contribution in [-0.4, -0.2) is 39.5 Å². The molecule has 2 aromatic rings. The highest BCUT2D eigenvalue weighted by molar-refractivity contribution is 7.89. The number of ether oxygens (including phenoxy) is 2. The van der Waals surface area contributed by atoms with Crippen LogP contribution in [0.25, 0.3) is 0 Å². The summed E-state index contributed by atoms with van der Waals surface area (Å²) in [7, 11) is -0.632. The van der Waals surface area contributed by atoms with Gasteiger partial charge in [-0.2, -0.15) is 4.31 Å². The van der Waals surface area contributed by atoms with Crippen molar-refractivity contribution in [3.05, 3.63) is 40.6 Å². The molecule has 1 fully saturated rings. The first-order valence-corrected chi connectivity index (χ1v) is 10.1. The van der Waals surface area contributed by atoms with Crippen LogP contribution in [0, 0.1) is 0 Å². The Morgan fingerprint density at radius 2 is 2.00 bits per heavy atom. The molecule has 0 amide bonds. The van der Waals surface area contributed by atoms with Crippen LogP contribution < -0.4 is 9.47 Å². The third-order valence-corrected chi connectivity index (χ3v) is 6.98. The van der Waals surface area contributed by atoms with Gasteiger partial charge in [-0.25, -0.2) is 8.42 Å². The maximum Gasteiger partial charge on any atom is 0.247 e. The number of benzene rings is 1. The Balaban J connectivity index is 1.91. The molecule has 1 heterocycles. The summed E-state index contributed by atoms with van der Waals surface area (Å²) in [5, 5.41) is 2.01. The number of rotatable bonds is 8. The van der Waals surface area contributed by atoms with Crippen LogP contribution in [0.1, 0.15) is 17.7 Å². The molecule has 0 spiro atoms. The lowest BCUT2D eigenvalue weighted by Gasteiger charge is -2.23. The molecule has 0 N–H and O–H groups in total. The molecule has 7 heteroatoms. The highest BCUT2D eigenvalue weighted by Crippen LogP contribution is 2.36. The molecule has 5 nitrogen and oxygen atoms in total. The van der Waals surface area contributed by atoms with Gasteiger partial charge in [0, 0.05) is 23.5 Å². The van der Waals surface area contributed by atoms with Crippen molar-refractivity contribution >= 4 is 21.4 Å². The minimum Gasteiger partial charge on any atom is -0.497 e. The summed E-state index contributed by atoms with van der Waals surface area (Å²) in [6.45, 7) is 0.480. The van der Waals surface area contributed by atoms with E-state index in [0.717, 1.165) is 19.3 Å². The molecule has 24 heavy (non-hydrogen) atoms. The molecule has 0 radical (unpaired) electrons. The quantitative estimate of drug-likeness (QED) is 0.719. The lowest BCUT2D eigenvalue weighted by atomic mass is 10.3. The summed E-state index contributed by atoms with van der Waals surface area (Å²) in [5.41, 5.74) is 0. The van der Waals surface area contributed by atoms with Gasteiger partial charge in [-0.1, -0.05) is 6.07 Å². The zero-order valence-corrected chi connectivity index (χ0v) is 15.4. The highest BCUT2D eigenvalue weighted by atomic mass is 32.2. The first kappa shape index (κ1) is 17.3. The zero-order chi connectivity index (χ0) is 17.2. The fourth-order valence-corrected chi connectivity index (χ4v) is 5.21. The number of hydrogen-bond acceptors (Lipinski definition) is 5. The van der Waals surface area contributed by atoms with Crippen LogP contribution in [0.15, 0.2) is 40.6 Å². The molecule has 130 valence electrons. The van der Waals surface area contributed by atoms with E-state index in [9.17, 15) is 8.42 Å². The van der Waals surface area contributed by atoms with Crippen molar-refractivity contribution in [3.8, 4) is 11.5 Å². The maximum absolute atomic E-state index is 13.2. The van der Waals surface area contributed by atoms with Crippen molar-refractivity contribution in [2.24, 2.45) is 0 Å². The Hall–Kier alpha value is -1.57. The number of methoxy groups -OCH3 is 2. The minimum atomic E-state index is -3.63. The van der Waals surface area contributed by atoms with E-state index in [1.807, 2.05) is 17.5 Å². The molecule has 1 aromatic heterocycles. The standard InChI is InChI=1S/C17H21NO4S2/c1-21-14-7-8-16(22-2)17(12-14)24(19,20)18(13-5-6-13)10-9-15-4-3-11-23-15/h3-4,7-8,11-13H,5-6,9-10H2,1-2H3. The predicted molar refractivity (Wildman–Crippen MR) is 94.5 cm³/mol. The van der Waals surface area contributed by atoms with Crippen LogP contribution in [0.3, 0.4) is 0 Å². The number of nitrogens with zero attached hydrogens (tertiary/aromatic N) is 1. The van der Waals surface area contributed by atoms with Crippen molar-refractivity contribution in [2.45, 2.75) is 30.2 Å². The van der Waals surface area contributed by atoms with Gasteiger partial charge >= 0.3 is 0 Å². The zero-order valence-electron chi connectivity index (χ0n) is 13.8. The van der Waals surface area contributed by atoms with Crippen molar-refractivity contribution < 1.29 is 17.9 Å². The van der Waals surface area contributed by atoms with Crippen molar-refractivity contribution in [3.63, 3.8) is 0 Å². The molecule has 0 aliphatic heterocycles. The highest BCUT2D eigenvalue weighted by Gasteiger charge is 2.39. The summed E-state index contributed by atoms with van der Waals surface area (Å²) in [6, 6.07) is 8.98. The first-order valence-electron chi connectivity index (χ1n) is 7.82. The molecule has 1 aliphatic rings. The molecule has 0 unspecified atom stereocenters. The van der Waals surface area contributed by atoms with Gasteiger partial charge in [-0.05, 0) is 42.8 Å². The molecular weight excluding hydrogens is 346 g/mol. The number of sulfonamides is 1. The van der Waals surface area contributed by atoms with Crippen LogP contribution in [0.4, 0.5) is 0 Å². The molecule has 0 bridgehead atoms. The largest absolute Gasteiger partial charge is 0.497 e. The fraction of sp³-hybridized carbons (Fsp3) is 0.412. The lowest BCUT2D eigenvalue weighted by molar-refractivity contribution is 0.380. The number of thiophene rings is 1. The normalized spacial score (nSPS) is 14.8. The second-order valence-electron chi connectivity index (χ2n) is 5.69. The van der Waals surface area contributed by atoms with E-state index in [-0.39, 0.29) is 10.9 Å². The van der Waals surface area contributed by atoms with Crippen molar-refractivity contribution in [2.75, 3.05) is 20.8 Å². The monoisotopic (exact) mass is 367 g/mol. The van der Waals surface area contributed by atoms with Crippen molar-refractivity contribution in [1.82, 2.24) is 4.31 Å². The third-order valence-electron chi connectivity index (χ3n) is 4.07. The van der Waals surface area contributed by atoms with Gasteiger partial charge in [0.05, 0.1) is 14.2 Å². The third kappa shape index (κ3) is 3.58. The summed E-state index contributed by atoms with van der Waals surface area (Å²) < 4.78 is 38.5. The van der Waals surface area contributed by atoms with Gasteiger partial charge in [0.15, 0.2) is 0 Å². The molecule has 1 aromatic carbocycles. The second-order valence-corrected chi connectivity index (χ2v) is 8.58. The van der Waals surface area contributed by atoms with E-state index in [2.05, 4.69) is 0 Å². The van der Waals surface area contributed by atoms with Gasteiger partial charge < -0.3 is 9.47 Å². The Kier molecular flexibility index (Phi) is 5.12. The fourth-order valence-electron chi connectivity index (χ4n) is 2.65. The molecule has 1 saturated carbocycles. The topological polar surface area (TPSA) is 55.8 Å². The van der Waals surface area contributed by atoms with Gasteiger partial charge in [0.2, 0.25) is 10.0 Å². The Morgan fingerprint density at radius 3 is 2.58 bits per heavy atom. The second kappa shape index (κ2) is 7.13. The van der Waals surface area contributed by atoms with Crippen LogP contribution >= 0.6 is 11.3 Å². The lowest BCUT2D eigenvalue weighted by Crippen LogP contribution is -2.35. The Morgan fingerprint density at radius 1 is 1.21 bits per heavy atom. The SMILES string of the molecule is COc1ccc(OC)c(S(=O)(=O)N(CCc2cccs2)C2CC2)c1. The summed E-state index contributed by atoms with van der Waals surface area (Å²) >= 11 is 1.65. The van der Waals surface area contributed by atoms with E-state index in [1.54, 1.807) is 27.8 Å². The van der Waals surface area contributed by atoms with E-state index < -0.39 is 10.0 Å². The minimum absolute atomic E-state index is 0.0888. The Bertz CT molecular complexity index is 783. The van der Waals surface area contributed by atoms with E-state index in [0.29, 0.717) is 18.0 Å². The van der Waals surface area contributed by atoms with E-state index >= 15 is 0 Å². The summed E-state index contributed by atoms with van der Waals surface area (Å²) in [6.07, 6.45) is 2.55. The molecule has 1 aliphatic carbocycles. The average Bonchev–Trinajstić information content (AvgIpc) is 3.28. The van der Waals surface area contributed by atoms with Gasteiger partial charge in [0.1, 0.15) is 16.4 Å². The maximum atomic E-state index is 13.2. The van der Waals surface area contributed by atoms with Gasteiger partial charge in [-0.3, -0.25) is 0 Å². The summed E-state index contributed by atoms with van der Waals surface area (Å²) in [4.78, 5) is 1.36. The molecule has 0 saturated heterocycles. The smallest absolute Gasteiger partial charge is 0.247 e. The summed E-state index contributed by atoms with van der Waals surface area (Å²) in [5.74, 6) is 0.848. The molecule has 0 atom stereocenters. The molecule has 3 rings (SSSR count). The van der Waals surface area contributed by atoms with E-state index in [4.69, 9.17) is 9.47 Å². The van der Waals surface area contributed by atoms with Crippen LogP contribution in [-0.2, 0) is 16.4 Å². The first-order chi connectivity index (χ1) is 11.6. The van der Waals surface area contributed by atoms with Gasteiger partial charge in [0.25, 0.3) is 0 Å². The van der Waals surface area contributed by atoms with Crippen LogP contribution in [0.5, 0.6) is 11.5 Å². The molecular formula is C17H21NO4S2. The average molecular weight is 367 g/mol. The van der Waals surface area contributed by atoms with Crippen molar-refractivity contribution in [1.29, 1.82) is 0 Å². The van der Waals surface area contributed by atoms with Crippen LogP contribution in [0.2, 0.25) is 0 Å². The number of hydrogen-bond donors (Lipinski definition) is 0. The van der Waals surface area contributed by atoms with E-state index in [1.165, 1.54) is 25.2 Å². The van der Waals surface area contributed by atoms with Gasteiger partial charge in [-0.15, -0.1) is 11.3 Å².